The van der Waals surface area contributed by atoms with Crippen LogP contribution in [0.15, 0.2) is 180 Å². The summed E-state index contributed by atoms with van der Waals surface area (Å²) in [6, 6.07) is 61.8. The standard InChI is InChI=1S/C48H29N3O/c1-3-14-30(15-4-1)32-18-13-19-33(28-32)45-38-23-9-11-24-41(38)49-48(50-45)51-42-25-12-10-21-35(42)37-26-27-39-44-36-22-8-7-20-34(36)40(31-16-5-2-6-17-31)29-43(44)52-47(39)46(37)51/h1-29H. The average molecular weight is 664 g/mol. The number of nitrogens with zero attached hydrogens (tertiary/aromatic N) is 3. The van der Waals surface area contributed by atoms with Crippen LogP contribution in [0.1, 0.15) is 0 Å². The van der Waals surface area contributed by atoms with Gasteiger partial charge in [-0.15, -0.1) is 0 Å². The number of hydrogen-bond acceptors (Lipinski definition) is 3. The Hall–Kier alpha value is -7.04. The third-order valence-electron chi connectivity index (χ3n) is 10.4. The lowest BCUT2D eigenvalue weighted by Crippen LogP contribution is -2.03. The van der Waals surface area contributed by atoms with E-state index in [-0.39, 0.29) is 0 Å². The summed E-state index contributed by atoms with van der Waals surface area (Å²) < 4.78 is 9.22. The van der Waals surface area contributed by atoms with Crippen molar-refractivity contribution in [1.82, 2.24) is 14.5 Å². The topological polar surface area (TPSA) is 43.9 Å². The minimum atomic E-state index is 0.604. The van der Waals surface area contributed by atoms with Crippen LogP contribution >= 0.6 is 0 Å². The Kier molecular flexibility index (Phi) is 6.22. The fourth-order valence-corrected chi connectivity index (χ4v) is 8.07. The zero-order chi connectivity index (χ0) is 34.2. The van der Waals surface area contributed by atoms with Crippen molar-refractivity contribution in [1.29, 1.82) is 0 Å². The Morgan fingerprint density at radius 2 is 1.06 bits per heavy atom. The molecule has 0 atom stereocenters. The van der Waals surface area contributed by atoms with Crippen LogP contribution in [0.25, 0.3) is 105 Å². The van der Waals surface area contributed by atoms with E-state index in [4.69, 9.17) is 14.4 Å². The minimum absolute atomic E-state index is 0.604. The Morgan fingerprint density at radius 3 is 1.88 bits per heavy atom. The smallest absolute Gasteiger partial charge is 0.235 e. The summed E-state index contributed by atoms with van der Waals surface area (Å²) in [7, 11) is 0. The molecule has 4 nitrogen and oxygen atoms in total. The first kappa shape index (κ1) is 28.8. The molecule has 4 heteroatoms. The molecule has 0 bridgehead atoms. The van der Waals surface area contributed by atoms with Crippen LogP contribution in [0, 0.1) is 0 Å². The lowest BCUT2D eigenvalue weighted by Gasteiger charge is -2.12. The van der Waals surface area contributed by atoms with Crippen LogP contribution in [0.2, 0.25) is 0 Å². The molecular formula is C48H29N3O. The van der Waals surface area contributed by atoms with E-state index in [2.05, 4.69) is 168 Å². The largest absolute Gasteiger partial charge is 0.454 e. The molecule has 0 aliphatic heterocycles. The van der Waals surface area contributed by atoms with Gasteiger partial charge in [0.25, 0.3) is 0 Å². The molecule has 0 radical (unpaired) electrons. The number of para-hydroxylation sites is 2. The molecule has 0 unspecified atom stereocenters. The summed E-state index contributed by atoms with van der Waals surface area (Å²) in [5.74, 6) is 0.604. The van der Waals surface area contributed by atoms with Crippen LogP contribution in [0.4, 0.5) is 0 Å². The van der Waals surface area contributed by atoms with Crippen molar-refractivity contribution in [3.8, 4) is 39.5 Å². The number of benzene rings is 8. The van der Waals surface area contributed by atoms with E-state index in [0.717, 1.165) is 82.6 Å². The normalized spacial score (nSPS) is 11.8. The fourth-order valence-electron chi connectivity index (χ4n) is 8.07. The molecule has 0 aliphatic carbocycles. The zero-order valence-electron chi connectivity index (χ0n) is 28.0. The molecule has 11 aromatic rings. The van der Waals surface area contributed by atoms with Gasteiger partial charge < -0.3 is 4.42 Å². The number of hydrogen-bond donors (Lipinski definition) is 0. The maximum atomic E-state index is 7.02. The summed E-state index contributed by atoms with van der Waals surface area (Å²) in [4.78, 5) is 10.7. The van der Waals surface area contributed by atoms with Crippen molar-refractivity contribution in [2.75, 3.05) is 0 Å². The van der Waals surface area contributed by atoms with Gasteiger partial charge in [0.1, 0.15) is 11.1 Å². The molecular weight excluding hydrogens is 635 g/mol. The minimum Gasteiger partial charge on any atom is -0.454 e. The quantitative estimate of drug-likeness (QED) is 0.188. The van der Waals surface area contributed by atoms with Crippen LogP contribution in [0.5, 0.6) is 0 Å². The SMILES string of the molecule is c1ccc(-c2cccc(-c3nc(-n4c5ccccc5c5ccc6c(oc7cc(-c8ccccc8)c8ccccc8c76)c54)nc4ccccc34)c2)cc1. The summed E-state index contributed by atoms with van der Waals surface area (Å²) >= 11 is 0. The highest BCUT2D eigenvalue weighted by atomic mass is 16.3. The highest BCUT2D eigenvalue weighted by Gasteiger charge is 2.23. The van der Waals surface area contributed by atoms with Crippen molar-refractivity contribution >= 4 is 65.4 Å². The van der Waals surface area contributed by atoms with Gasteiger partial charge in [0.15, 0.2) is 5.58 Å². The number of aromatic nitrogens is 3. The van der Waals surface area contributed by atoms with Crippen molar-refractivity contribution < 1.29 is 4.42 Å². The van der Waals surface area contributed by atoms with Crippen molar-refractivity contribution in [3.05, 3.63) is 176 Å². The number of fused-ring (bicyclic) bond motifs is 10. The maximum Gasteiger partial charge on any atom is 0.235 e. The Bertz CT molecular complexity index is 3180. The van der Waals surface area contributed by atoms with Crippen LogP contribution in [-0.2, 0) is 0 Å². The molecule has 0 spiro atoms. The molecule has 0 saturated heterocycles. The Labute approximate surface area is 298 Å². The summed E-state index contributed by atoms with van der Waals surface area (Å²) in [5.41, 5.74) is 11.1. The molecule has 8 aromatic carbocycles. The van der Waals surface area contributed by atoms with Gasteiger partial charge in [-0.1, -0.05) is 146 Å². The second kappa shape index (κ2) is 11.2. The van der Waals surface area contributed by atoms with Crippen LogP contribution in [0.3, 0.4) is 0 Å². The molecule has 0 N–H and O–H groups in total. The molecule has 0 aliphatic rings. The Morgan fingerprint density at radius 1 is 0.423 bits per heavy atom. The highest BCUT2D eigenvalue weighted by molar-refractivity contribution is 6.27. The van der Waals surface area contributed by atoms with E-state index < -0.39 is 0 Å². The first-order chi connectivity index (χ1) is 25.8. The third-order valence-corrected chi connectivity index (χ3v) is 10.4. The van der Waals surface area contributed by atoms with Crippen LogP contribution < -0.4 is 0 Å². The third kappa shape index (κ3) is 4.28. The van der Waals surface area contributed by atoms with Crippen molar-refractivity contribution in [3.63, 3.8) is 0 Å². The molecule has 242 valence electrons. The van der Waals surface area contributed by atoms with Gasteiger partial charge in [-0.25, -0.2) is 9.97 Å². The fraction of sp³-hybridized carbons (Fsp3) is 0. The summed E-state index contributed by atoms with van der Waals surface area (Å²) in [6.45, 7) is 0. The van der Waals surface area contributed by atoms with E-state index in [1.807, 2.05) is 12.1 Å². The van der Waals surface area contributed by atoms with E-state index in [0.29, 0.717) is 5.95 Å². The van der Waals surface area contributed by atoms with Crippen molar-refractivity contribution in [2.45, 2.75) is 0 Å². The lowest BCUT2D eigenvalue weighted by atomic mass is 9.95. The molecule has 52 heavy (non-hydrogen) atoms. The molecule has 0 saturated carbocycles. The van der Waals surface area contributed by atoms with Gasteiger partial charge in [-0.3, -0.25) is 4.57 Å². The van der Waals surface area contributed by atoms with Gasteiger partial charge in [0.2, 0.25) is 5.95 Å². The summed E-state index contributed by atoms with van der Waals surface area (Å²) in [6.07, 6.45) is 0. The molecule has 0 amide bonds. The van der Waals surface area contributed by atoms with E-state index in [1.165, 1.54) is 16.3 Å². The maximum absolute atomic E-state index is 7.02. The molecule has 11 rings (SSSR count). The van der Waals surface area contributed by atoms with Gasteiger partial charge in [-0.2, -0.15) is 0 Å². The summed E-state index contributed by atoms with van der Waals surface area (Å²) in [5, 5.41) is 7.77. The second-order valence-corrected chi connectivity index (χ2v) is 13.3. The molecule has 0 fully saturated rings. The predicted molar refractivity (Wildman–Crippen MR) is 215 cm³/mol. The van der Waals surface area contributed by atoms with Crippen molar-refractivity contribution in [2.24, 2.45) is 0 Å². The lowest BCUT2D eigenvalue weighted by molar-refractivity contribution is 0.671. The molecule has 3 aromatic heterocycles. The highest BCUT2D eigenvalue weighted by Crippen LogP contribution is 2.44. The number of rotatable bonds is 4. The zero-order valence-corrected chi connectivity index (χ0v) is 28.0. The van der Waals surface area contributed by atoms with Gasteiger partial charge in [-0.05, 0) is 63.4 Å². The van der Waals surface area contributed by atoms with Gasteiger partial charge in [0, 0.05) is 32.5 Å². The first-order valence-corrected chi connectivity index (χ1v) is 17.6. The molecule has 3 heterocycles. The van der Waals surface area contributed by atoms with E-state index in [9.17, 15) is 0 Å². The predicted octanol–water partition coefficient (Wildman–Crippen LogP) is 12.8. The first-order valence-electron chi connectivity index (χ1n) is 17.6. The van der Waals surface area contributed by atoms with E-state index in [1.54, 1.807) is 0 Å². The Balaban J connectivity index is 1.23. The van der Waals surface area contributed by atoms with E-state index >= 15 is 0 Å². The van der Waals surface area contributed by atoms with Crippen LogP contribution in [-0.4, -0.2) is 14.5 Å². The van der Waals surface area contributed by atoms with Gasteiger partial charge in [0.05, 0.1) is 16.7 Å². The van der Waals surface area contributed by atoms with Gasteiger partial charge >= 0.3 is 0 Å². The average Bonchev–Trinajstić information content (AvgIpc) is 3.77. The monoisotopic (exact) mass is 663 g/mol. The second-order valence-electron chi connectivity index (χ2n) is 13.3. The number of furan rings is 1.